The van der Waals surface area contributed by atoms with Crippen LogP contribution in [0.5, 0.6) is 5.75 Å². The summed E-state index contributed by atoms with van der Waals surface area (Å²) in [6.45, 7) is 0. The van der Waals surface area contributed by atoms with Gasteiger partial charge in [-0.1, -0.05) is 12.1 Å². The molecule has 0 saturated carbocycles. The average molecular weight is 300 g/mol. The number of hydrogen-bond donors (Lipinski definition) is 2. The van der Waals surface area contributed by atoms with E-state index in [1.165, 1.54) is 11.3 Å². The van der Waals surface area contributed by atoms with Crippen LogP contribution in [0.3, 0.4) is 0 Å². The lowest BCUT2D eigenvalue weighted by molar-refractivity contribution is -0.117. The van der Waals surface area contributed by atoms with Gasteiger partial charge in [0.2, 0.25) is 0 Å². The van der Waals surface area contributed by atoms with Gasteiger partial charge in [-0.3, -0.25) is 20.4 Å². The van der Waals surface area contributed by atoms with Crippen molar-refractivity contribution in [2.24, 2.45) is 0 Å². The van der Waals surface area contributed by atoms with Crippen LogP contribution in [-0.2, 0) is 9.59 Å². The van der Waals surface area contributed by atoms with Crippen molar-refractivity contribution in [3.8, 4) is 16.2 Å². The number of benzene rings is 1. The number of carbonyl (C=O) groups excluding carboxylic acids is 2. The van der Waals surface area contributed by atoms with Crippen LogP contribution >= 0.6 is 11.3 Å². The topological polar surface area (TPSA) is 67.4 Å². The number of hydrogen-bond acceptors (Lipinski definition) is 4. The molecule has 0 radical (unpaired) electrons. The summed E-state index contributed by atoms with van der Waals surface area (Å²) in [5.41, 5.74) is 5.64. The van der Waals surface area contributed by atoms with Crippen molar-refractivity contribution in [2.75, 3.05) is 7.11 Å². The molecule has 0 aliphatic carbocycles. The van der Waals surface area contributed by atoms with E-state index >= 15 is 0 Å². The molecule has 2 amide bonds. The predicted octanol–water partition coefficient (Wildman–Crippen LogP) is 1.97. The van der Waals surface area contributed by atoms with E-state index in [2.05, 4.69) is 10.9 Å². The van der Waals surface area contributed by atoms with Gasteiger partial charge in [0.05, 0.1) is 7.11 Å². The third kappa shape index (κ3) is 2.53. The van der Waals surface area contributed by atoms with Crippen molar-refractivity contribution in [3.63, 3.8) is 0 Å². The molecule has 1 fully saturated rings. The Morgan fingerprint density at radius 1 is 1.05 bits per heavy atom. The molecule has 2 N–H and O–H groups in total. The van der Waals surface area contributed by atoms with Gasteiger partial charge >= 0.3 is 0 Å². The lowest BCUT2D eigenvalue weighted by atomic mass is 10.1. The second-order valence-electron chi connectivity index (χ2n) is 4.37. The molecule has 1 aliphatic heterocycles. The molecule has 1 aromatic carbocycles. The molecule has 21 heavy (non-hydrogen) atoms. The highest BCUT2D eigenvalue weighted by Gasteiger charge is 2.25. The van der Waals surface area contributed by atoms with E-state index in [0.29, 0.717) is 0 Å². The Labute approximate surface area is 125 Å². The zero-order chi connectivity index (χ0) is 14.8. The predicted molar refractivity (Wildman–Crippen MR) is 80.6 cm³/mol. The van der Waals surface area contributed by atoms with Gasteiger partial charge in [-0.2, -0.15) is 0 Å². The quantitative estimate of drug-likeness (QED) is 0.672. The fourth-order valence-corrected chi connectivity index (χ4v) is 3.03. The number of thiophene rings is 1. The van der Waals surface area contributed by atoms with E-state index in [4.69, 9.17) is 4.74 Å². The number of ether oxygens (including phenoxy) is 1. The Balaban J connectivity index is 1.96. The summed E-state index contributed by atoms with van der Waals surface area (Å²) in [7, 11) is 1.63. The number of nitrogens with one attached hydrogen (secondary N) is 2. The van der Waals surface area contributed by atoms with E-state index in [1.54, 1.807) is 13.2 Å². The van der Waals surface area contributed by atoms with E-state index in [-0.39, 0.29) is 5.57 Å². The number of methoxy groups -OCH3 is 1. The normalized spacial score (nSPS) is 13.9. The third-order valence-corrected chi connectivity index (χ3v) is 4.13. The minimum atomic E-state index is -0.410. The monoisotopic (exact) mass is 300 g/mol. The Kier molecular flexibility index (Phi) is 3.45. The largest absolute Gasteiger partial charge is 0.496 e. The summed E-state index contributed by atoms with van der Waals surface area (Å²) in [4.78, 5) is 24.8. The number of carbonyl (C=O) groups is 2. The summed E-state index contributed by atoms with van der Waals surface area (Å²) in [5.74, 6) is -0.0330. The van der Waals surface area contributed by atoms with Gasteiger partial charge < -0.3 is 4.74 Å². The van der Waals surface area contributed by atoms with Crippen LogP contribution in [0.1, 0.15) is 4.88 Å². The van der Waals surface area contributed by atoms with Crippen molar-refractivity contribution in [1.29, 1.82) is 0 Å². The number of amides is 2. The molecule has 1 aromatic heterocycles. The summed E-state index contributed by atoms with van der Waals surface area (Å²) < 4.78 is 5.34. The number of para-hydroxylation sites is 1. The molecule has 1 aliphatic rings. The first kappa shape index (κ1) is 13.4. The highest BCUT2D eigenvalue weighted by atomic mass is 32.1. The Morgan fingerprint density at radius 2 is 1.76 bits per heavy atom. The van der Waals surface area contributed by atoms with Gasteiger partial charge in [-0.15, -0.1) is 11.3 Å². The van der Waals surface area contributed by atoms with Crippen molar-refractivity contribution >= 4 is 29.2 Å². The third-order valence-electron chi connectivity index (χ3n) is 3.06. The summed E-state index contributed by atoms with van der Waals surface area (Å²) in [6.07, 6.45) is 1.58. The Morgan fingerprint density at radius 3 is 2.48 bits per heavy atom. The van der Waals surface area contributed by atoms with Crippen LogP contribution in [0, 0.1) is 0 Å². The molecule has 5 nitrogen and oxygen atoms in total. The molecule has 2 heterocycles. The van der Waals surface area contributed by atoms with Crippen molar-refractivity contribution in [1.82, 2.24) is 10.9 Å². The minimum absolute atomic E-state index is 0.114. The van der Waals surface area contributed by atoms with Gasteiger partial charge in [0.1, 0.15) is 11.3 Å². The molecule has 3 rings (SSSR count). The molecule has 2 aromatic rings. The van der Waals surface area contributed by atoms with E-state index < -0.39 is 11.8 Å². The maximum Gasteiger partial charge on any atom is 0.275 e. The summed E-state index contributed by atoms with van der Waals surface area (Å²) in [5, 5.41) is 0. The lowest BCUT2D eigenvalue weighted by Gasteiger charge is -2.05. The minimum Gasteiger partial charge on any atom is -0.496 e. The van der Waals surface area contributed by atoms with Crippen LogP contribution < -0.4 is 15.6 Å². The maximum absolute atomic E-state index is 11.5. The average Bonchev–Trinajstić information content (AvgIpc) is 3.09. The molecule has 0 unspecified atom stereocenters. The van der Waals surface area contributed by atoms with E-state index in [9.17, 15) is 9.59 Å². The van der Waals surface area contributed by atoms with Crippen LogP contribution in [0.2, 0.25) is 0 Å². The summed E-state index contributed by atoms with van der Waals surface area (Å²) in [6, 6.07) is 11.5. The van der Waals surface area contributed by atoms with Gasteiger partial charge in [0.15, 0.2) is 0 Å². The van der Waals surface area contributed by atoms with Gasteiger partial charge in [0, 0.05) is 15.3 Å². The van der Waals surface area contributed by atoms with Crippen LogP contribution in [-0.4, -0.2) is 18.9 Å². The number of hydrazine groups is 1. The smallest absolute Gasteiger partial charge is 0.275 e. The fraction of sp³-hybridized carbons (Fsp3) is 0.0667. The molecule has 1 saturated heterocycles. The Hall–Kier alpha value is -2.60. The fourth-order valence-electron chi connectivity index (χ4n) is 2.05. The first-order valence-electron chi connectivity index (χ1n) is 6.24. The molecule has 0 spiro atoms. The second kappa shape index (κ2) is 5.41. The van der Waals surface area contributed by atoms with E-state index in [0.717, 1.165) is 21.1 Å². The highest BCUT2D eigenvalue weighted by Crippen LogP contribution is 2.35. The molecule has 6 heteroatoms. The van der Waals surface area contributed by atoms with Gasteiger partial charge in [-0.25, -0.2) is 0 Å². The molecule has 106 valence electrons. The second-order valence-corrected chi connectivity index (χ2v) is 5.48. The first-order valence-corrected chi connectivity index (χ1v) is 7.06. The molecule has 0 atom stereocenters. The SMILES string of the molecule is COc1ccccc1-c1ccc(C=C2C(=O)NNC2=O)s1. The molecular weight excluding hydrogens is 288 g/mol. The van der Waals surface area contributed by atoms with Gasteiger partial charge in [0.25, 0.3) is 11.8 Å². The number of rotatable bonds is 3. The van der Waals surface area contributed by atoms with Crippen molar-refractivity contribution < 1.29 is 14.3 Å². The maximum atomic E-state index is 11.5. The summed E-state index contributed by atoms with van der Waals surface area (Å²) >= 11 is 1.49. The standard InChI is InChI=1S/C15H12N2O3S/c1-20-12-5-3-2-4-10(12)13-7-6-9(21-13)8-11-14(18)16-17-15(11)19/h2-8H,1H3,(H,16,18)(H,17,19). The van der Waals surface area contributed by atoms with Crippen LogP contribution in [0.25, 0.3) is 16.5 Å². The first-order chi connectivity index (χ1) is 10.2. The van der Waals surface area contributed by atoms with Crippen LogP contribution in [0.15, 0.2) is 42.0 Å². The molecule has 0 bridgehead atoms. The van der Waals surface area contributed by atoms with Crippen LogP contribution in [0.4, 0.5) is 0 Å². The highest BCUT2D eigenvalue weighted by molar-refractivity contribution is 7.16. The Bertz CT molecular complexity index is 731. The van der Waals surface area contributed by atoms with Gasteiger partial charge in [-0.05, 0) is 30.3 Å². The van der Waals surface area contributed by atoms with E-state index in [1.807, 2.05) is 36.4 Å². The molecular formula is C15H12N2O3S. The zero-order valence-corrected chi connectivity index (χ0v) is 12.0. The zero-order valence-electron chi connectivity index (χ0n) is 11.2. The lowest BCUT2D eigenvalue weighted by Crippen LogP contribution is -2.28. The van der Waals surface area contributed by atoms with Crippen molar-refractivity contribution in [3.05, 3.63) is 46.8 Å². The van der Waals surface area contributed by atoms with Crippen molar-refractivity contribution in [2.45, 2.75) is 0 Å².